The molecule has 0 spiro atoms. The second-order valence-electron chi connectivity index (χ2n) is 3.73. The summed E-state index contributed by atoms with van der Waals surface area (Å²) in [5.41, 5.74) is 3.45. The normalized spacial score (nSPS) is 10.1. The molecule has 0 fully saturated rings. The van der Waals surface area contributed by atoms with Gasteiger partial charge in [0.2, 0.25) is 0 Å². The van der Waals surface area contributed by atoms with E-state index in [0.29, 0.717) is 10.6 Å². The number of benzene rings is 1. The van der Waals surface area contributed by atoms with Gasteiger partial charge in [0.25, 0.3) is 0 Å². The molecule has 1 aromatic rings. The lowest BCUT2D eigenvalue weighted by Gasteiger charge is -2.08. The lowest BCUT2D eigenvalue weighted by atomic mass is 10.0. The number of hydrogen-bond donors (Lipinski definition) is 0. The van der Waals surface area contributed by atoms with Gasteiger partial charge < -0.3 is 0 Å². The first-order chi connectivity index (χ1) is 6.43. The Morgan fingerprint density at radius 2 is 1.71 bits per heavy atom. The van der Waals surface area contributed by atoms with Crippen molar-refractivity contribution in [2.24, 2.45) is 0 Å². The van der Waals surface area contributed by atoms with Crippen LogP contribution in [0.4, 0.5) is 4.39 Å². The van der Waals surface area contributed by atoms with Gasteiger partial charge in [-0.3, -0.25) is 0 Å². The predicted octanol–water partition coefficient (Wildman–Crippen LogP) is 4.43. The molecule has 0 aromatic heterocycles. The summed E-state index contributed by atoms with van der Waals surface area (Å²) in [6.45, 7) is 7.52. The summed E-state index contributed by atoms with van der Waals surface area (Å²) in [5.74, 6) is -0.204. The fourth-order valence-corrected chi connectivity index (χ4v) is 1.54. The Morgan fingerprint density at radius 3 is 2.21 bits per heavy atom. The van der Waals surface area contributed by atoms with Gasteiger partial charge in [0.15, 0.2) is 0 Å². The lowest BCUT2D eigenvalue weighted by molar-refractivity contribution is 0.617. The van der Waals surface area contributed by atoms with E-state index in [9.17, 15) is 4.39 Å². The molecule has 0 aliphatic rings. The molecule has 1 aromatic carbocycles. The molecule has 0 aliphatic carbocycles. The maximum Gasteiger partial charge on any atom is 0.126 e. The lowest BCUT2D eigenvalue weighted by Crippen LogP contribution is -1.91. The largest absolute Gasteiger partial charge is 0.207 e. The molecule has 0 N–H and O–H groups in total. The molecule has 0 heterocycles. The zero-order chi connectivity index (χ0) is 10.9. The van der Waals surface area contributed by atoms with E-state index in [0.717, 1.165) is 16.7 Å². The van der Waals surface area contributed by atoms with Crippen molar-refractivity contribution in [1.82, 2.24) is 0 Å². The van der Waals surface area contributed by atoms with Crippen LogP contribution in [0, 0.1) is 19.7 Å². The number of aryl methyl sites for hydroxylation is 2. The minimum atomic E-state index is -0.204. The highest BCUT2D eigenvalue weighted by molar-refractivity contribution is 6.49. The van der Waals surface area contributed by atoms with Crippen LogP contribution in [0.3, 0.4) is 0 Å². The van der Waals surface area contributed by atoms with Crippen LogP contribution in [0.5, 0.6) is 0 Å². The van der Waals surface area contributed by atoms with Crippen LogP contribution in [-0.2, 0) is 0 Å². The quantitative estimate of drug-likeness (QED) is 0.646. The molecule has 2 heteroatoms. The molecule has 0 atom stereocenters. The molecule has 0 unspecified atom stereocenters. The highest BCUT2D eigenvalue weighted by Gasteiger charge is 2.07. The molecule has 0 aliphatic heterocycles. The Hall–Kier alpha value is -0.820. The standard InChI is InChI=1S/C12H14ClF/c1-7(2)12(13)10-6-11(14)9(4)5-8(10)3/h5-6H,1-4H3. The third kappa shape index (κ3) is 2.16. The van der Waals surface area contributed by atoms with E-state index in [4.69, 9.17) is 11.6 Å². The summed E-state index contributed by atoms with van der Waals surface area (Å²) < 4.78 is 13.3. The van der Waals surface area contributed by atoms with Crippen LogP contribution >= 0.6 is 11.6 Å². The van der Waals surface area contributed by atoms with E-state index < -0.39 is 0 Å². The fraction of sp³-hybridized carbons (Fsp3) is 0.333. The zero-order valence-corrected chi connectivity index (χ0v) is 9.67. The first kappa shape index (κ1) is 11.3. The van der Waals surface area contributed by atoms with Gasteiger partial charge in [0, 0.05) is 5.03 Å². The van der Waals surface area contributed by atoms with Crippen LogP contribution in [0.15, 0.2) is 17.7 Å². The van der Waals surface area contributed by atoms with Gasteiger partial charge in [-0.1, -0.05) is 23.2 Å². The third-order valence-corrected chi connectivity index (χ3v) is 2.76. The molecule has 0 nitrogen and oxygen atoms in total. The summed E-state index contributed by atoms with van der Waals surface area (Å²) in [7, 11) is 0. The second kappa shape index (κ2) is 4.14. The molecule has 0 radical (unpaired) electrons. The van der Waals surface area contributed by atoms with Crippen LogP contribution in [0.2, 0.25) is 0 Å². The number of rotatable bonds is 1. The summed E-state index contributed by atoms with van der Waals surface area (Å²) in [6.07, 6.45) is 0. The van der Waals surface area contributed by atoms with Gasteiger partial charge in [-0.05, 0) is 50.5 Å². The monoisotopic (exact) mass is 212 g/mol. The van der Waals surface area contributed by atoms with Crippen molar-refractivity contribution in [2.75, 3.05) is 0 Å². The van der Waals surface area contributed by atoms with Crippen molar-refractivity contribution in [2.45, 2.75) is 27.7 Å². The third-order valence-electron chi connectivity index (χ3n) is 2.18. The van der Waals surface area contributed by atoms with E-state index in [1.165, 1.54) is 6.07 Å². The maximum atomic E-state index is 13.3. The molecular formula is C12H14ClF. The number of allylic oxidation sites excluding steroid dienone is 1. The zero-order valence-electron chi connectivity index (χ0n) is 8.91. The SMILES string of the molecule is CC(C)=C(Cl)c1cc(F)c(C)cc1C. The highest BCUT2D eigenvalue weighted by atomic mass is 35.5. The van der Waals surface area contributed by atoms with Gasteiger partial charge in [-0.15, -0.1) is 0 Å². The summed E-state index contributed by atoms with van der Waals surface area (Å²) >= 11 is 6.08. The minimum absolute atomic E-state index is 0.204. The first-order valence-corrected chi connectivity index (χ1v) is 4.91. The molecular weight excluding hydrogens is 199 g/mol. The minimum Gasteiger partial charge on any atom is -0.207 e. The first-order valence-electron chi connectivity index (χ1n) is 4.53. The van der Waals surface area contributed by atoms with E-state index in [1.54, 1.807) is 6.92 Å². The summed E-state index contributed by atoms with van der Waals surface area (Å²) in [5, 5.41) is 0.640. The Kier molecular flexibility index (Phi) is 3.33. The summed E-state index contributed by atoms with van der Waals surface area (Å²) in [4.78, 5) is 0. The van der Waals surface area contributed by atoms with E-state index in [1.807, 2.05) is 26.8 Å². The van der Waals surface area contributed by atoms with Gasteiger partial charge >= 0.3 is 0 Å². The fourth-order valence-electron chi connectivity index (χ4n) is 1.33. The topological polar surface area (TPSA) is 0 Å². The van der Waals surface area contributed by atoms with Gasteiger partial charge in [0.05, 0.1) is 0 Å². The number of halogens is 2. The average molecular weight is 213 g/mol. The van der Waals surface area contributed by atoms with Crippen LogP contribution < -0.4 is 0 Å². The molecule has 0 saturated heterocycles. The van der Waals surface area contributed by atoms with Crippen molar-refractivity contribution in [3.05, 3.63) is 40.2 Å². The predicted molar refractivity (Wildman–Crippen MR) is 60.0 cm³/mol. The number of hydrogen-bond acceptors (Lipinski definition) is 0. The van der Waals surface area contributed by atoms with Crippen molar-refractivity contribution >= 4 is 16.6 Å². The molecule has 0 saturated carbocycles. The second-order valence-corrected chi connectivity index (χ2v) is 4.11. The van der Waals surface area contributed by atoms with Gasteiger partial charge in [-0.2, -0.15) is 0 Å². The van der Waals surface area contributed by atoms with E-state index >= 15 is 0 Å². The molecule has 1 rings (SSSR count). The van der Waals surface area contributed by atoms with Gasteiger partial charge in [0.1, 0.15) is 5.82 Å². The molecule has 14 heavy (non-hydrogen) atoms. The molecule has 0 bridgehead atoms. The Balaban J connectivity index is 3.37. The van der Waals surface area contributed by atoms with Gasteiger partial charge in [-0.25, -0.2) is 4.39 Å². The van der Waals surface area contributed by atoms with Crippen molar-refractivity contribution in [3.8, 4) is 0 Å². The Labute approximate surface area is 89.4 Å². The summed E-state index contributed by atoms with van der Waals surface area (Å²) in [6, 6.07) is 3.32. The van der Waals surface area contributed by atoms with Crippen molar-refractivity contribution in [1.29, 1.82) is 0 Å². The van der Waals surface area contributed by atoms with Crippen LogP contribution in [0.1, 0.15) is 30.5 Å². The van der Waals surface area contributed by atoms with Crippen LogP contribution in [0.25, 0.3) is 5.03 Å². The Bertz CT molecular complexity index is 388. The molecule has 0 amide bonds. The molecule has 76 valence electrons. The van der Waals surface area contributed by atoms with Crippen molar-refractivity contribution < 1.29 is 4.39 Å². The van der Waals surface area contributed by atoms with Crippen molar-refractivity contribution in [3.63, 3.8) is 0 Å². The van der Waals surface area contributed by atoms with E-state index in [2.05, 4.69) is 0 Å². The maximum absolute atomic E-state index is 13.3. The smallest absolute Gasteiger partial charge is 0.126 e. The van der Waals surface area contributed by atoms with E-state index in [-0.39, 0.29) is 5.82 Å². The average Bonchev–Trinajstić information content (AvgIpc) is 2.10. The highest BCUT2D eigenvalue weighted by Crippen LogP contribution is 2.27. The van der Waals surface area contributed by atoms with Crippen LogP contribution in [-0.4, -0.2) is 0 Å². The Morgan fingerprint density at radius 1 is 1.14 bits per heavy atom.